The van der Waals surface area contributed by atoms with Gasteiger partial charge in [0.05, 0.1) is 0 Å². The highest BCUT2D eigenvalue weighted by Crippen LogP contribution is 2.20. The summed E-state index contributed by atoms with van der Waals surface area (Å²) in [5, 5.41) is 3.76. The maximum atomic E-state index is 3.76. The number of rotatable bonds is 6. The minimum Gasteiger partial charge on any atom is -0.311 e. The smallest absolute Gasteiger partial charge is 0.0221 e. The first-order chi connectivity index (χ1) is 8.49. The Bertz CT molecular complexity index is 227. The summed E-state index contributed by atoms with van der Waals surface area (Å²) in [7, 11) is 0. The van der Waals surface area contributed by atoms with Gasteiger partial charge in [0.2, 0.25) is 0 Å². The van der Waals surface area contributed by atoms with Gasteiger partial charge in [-0.15, -0.1) is 0 Å². The van der Waals surface area contributed by atoms with Gasteiger partial charge >= 0.3 is 0 Å². The third kappa shape index (κ3) is 4.24. The summed E-state index contributed by atoms with van der Waals surface area (Å²) >= 11 is 0. The Hall–Kier alpha value is -0.0800. The van der Waals surface area contributed by atoms with E-state index in [0.717, 1.165) is 23.8 Å². The molecule has 0 spiro atoms. The van der Waals surface area contributed by atoms with E-state index in [1.54, 1.807) is 0 Å². The average Bonchev–Trinajstić information content (AvgIpc) is 2.37. The van der Waals surface area contributed by atoms with Gasteiger partial charge in [-0.2, -0.15) is 0 Å². The van der Waals surface area contributed by atoms with Crippen LogP contribution in [0.15, 0.2) is 0 Å². The van der Waals surface area contributed by atoms with E-state index in [2.05, 4.69) is 51.8 Å². The number of nitrogens with zero attached hydrogens (tertiary/aromatic N) is 1. The van der Waals surface area contributed by atoms with Crippen LogP contribution in [0.3, 0.4) is 0 Å². The predicted molar refractivity (Wildman–Crippen MR) is 80.9 cm³/mol. The van der Waals surface area contributed by atoms with Gasteiger partial charge in [0, 0.05) is 31.7 Å². The van der Waals surface area contributed by atoms with Gasteiger partial charge in [-0.3, -0.25) is 4.90 Å². The molecule has 2 heteroatoms. The molecular formula is C16H34N2. The van der Waals surface area contributed by atoms with Crippen LogP contribution in [-0.4, -0.2) is 36.6 Å². The number of nitrogens with one attached hydrogen (secondary N) is 1. The van der Waals surface area contributed by atoms with Crippen molar-refractivity contribution < 1.29 is 0 Å². The lowest BCUT2D eigenvalue weighted by atomic mass is 9.92. The fourth-order valence-electron chi connectivity index (χ4n) is 2.76. The van der Waals surface area contributed by atoms with E-state index in [0.29, 0.717) is 6.04 Å². The molecule has 4 atom stereocenters. The molecule has 108 valence electrons. The number of piperazine rings is 1. The molecule has 0 saturated carbocycles. The first kappa shape index (κ1) is 16.0. The molecule has 1 fully saturated rings. The van der Waals surface area contributed by atoms with Crippen LogP contribution >= 0.6 is 0 Å². The van der Waals surface area contributed by atoms with Gasteiger partial charge < -0.3 is 5.32 Å². The molecule has 1 saturated heterocycles. The number of hydrogen-bond acceptors (Lipinski definition) is 2. The monoisotopic (exact) mass is 254 g/mol. The van der Waals surface area contributed by atoms with Crippen LogP contribution in [0.4, 0.5) is 0 Å². The molecule has 0 aromatic heterocycles. The Balaban J connectivity index is 2.59. The van der Waals surface area contributed by atoms with Crippen LogP contribution in [-0.2, 0) is 0 Å². The average molecular weight is 254 g/mol. The molecule has 0 aliphatic carbocycles. The Labute approximate surface area is 115 Å². The second-order valence-electron chi connectivity index (χ2n) is 6.64. The maximum Gasteiger partial charge on any atom is 0.0221 e. The van der Waals surface area contributed by atoms with Crippen LogP contribution < -0.4 is 5.32 Å². The van der Waals surface area contributed by atoms with E-state index in [9.17, 15) is 0 Å². The molecule has 18 heavy (non-hydrogen) atoms. The summed E-state index contributed by atoms with van der Waals surface area (Å²) < 4.78 is 0. The Kier molecular flexibility index (Phi) is 6.65. The van der Waals surface area contributed by atoms with Crippen molar-refractivity contribution in [3.05, 3.63) is 0 Å². The van der Waals surface area contributed by atoms with Crippen LogP contribution in [0.1, 0.15) is 54.4 Å². The van der Waals surface area contributed by atoms with Crippen LogP contribution in [0.2, 0.25) is 0 Å². The lowest BCUT2D eigenvalue weighted by Gasteiger charge is -2.43. The van der Waals surface area contributed by atoms with Gasteiger partial charge in [-0.05, 0) is 24.2 Å². The minimum atomic E-state index is 0.692. The zero-order valence-electron chi connectivity index (χ0n) is 13.4. The highest BCUT2D eigenvalue weighted by Gasteiger charge is 2.30. The van der Waals surface area contributed by atoms with E-state index in [1.165, 1.54) is 32.5 Å². The molecular weight excluding hydrogens is 220 g/mol. The molecule has 1 N–H and O–H groups in total. The third-order valence-electron chi connectivity index (χ3n) is 5.03. The predicted octanol–water partition coefficient (Wildman–Crippen LogP) is 3.38. The summed E-state index contributed by atoms with van der Waals surface area (Å²) in [5.41, 5.74) is 0. The van der Waals surface area contributed by atoms with Crippen molar-refractivity contribution in [3.63, 3.8) is 0 Å². The zero-order valence-corrected chi connectivity index (χ0v) is 13.4. The summed E-state index contributed by atoms with van der Waals surface area (Å²) in [5.74, 6) is 2.38. The summed E-state index contributed by atoms with van der Waals surface area (Å²) in [6.07, 6.45) is 2.55. The molecule has 4 unspecified atom stereocenters. The SMILES string of the molecule is CCC(C)C1CN(CC(C)C(C)C)C(CC)CN1. The Morgan fingerprint density at radius 2 is 1.83 bits per heavy atom. The summed E-state index contributed by atoms with van der Waals surface area (Å²) in [6.45, 7) is 17.8. The van der Waals surface area contributed by atoms with E-state index in [4.69, 9.17) is 0 Å². The summed E-state index contributed by atoms with van der Waals surface area (Å²) in [6, 6.07) is 1.43. The van der Waals surface area contributed by atoms with Crippen molar-refractivity contribution in [2.75, 3.05) is 19.6 Å². The van der Waals surface area contributed by atoms with Crippen LogP contribution in [0.5, 0.6) is 0 Å². The van der Waals surface area contributed by atoms with Crippen molar-refractivity contribution >= 4 is 0 Å². The maximum absolute atomic E-state index is 3.76. The van der Waals surface area contributed by atoms with Gasteiger partial charge in [0.15, 0.2) is 0 Å². The second kappa shape index (κ2) is 7.49. The largest absolute Gasteiger partial charge is 0.311 e. The van der Waals surface area contributed by atoms with Gasteiger partial charge in [-0.25, -0.2) is 0 Å². The van der Waals surface area contributed by atoms with Crippen molar-refractivity contribution in [2.24, 2.45) is 17.8 Å². The van der Waals surface area contributed by atoms with E-state index >= 15 is 0 Å². The van der Waals surface area contributed by atoms with Gasteiger partial charge in [0.25, 0.3) is 0 Å². The first-order valence-corrected chi connectivity index (χ1v) is 7.96. The van der Waals surface area contributed by atoms with Crippen LogP contribution in [0.25, 0.3) is 0 Å². The topological polar surface area (TPSA) is 15.3 Å². The quantitative estimate of drug-likeness (QED) is 0.782. The molecule has 0 bridgehead atoms. The van der Waals surface area contributed by atoms with Crippen molar-refractivity contribution in [2.45, 2.75) is 66.5 Å². The molecule has 2 nitrogen and oxygen atoms in total. The van der Waals surface area contributed by atoms with Crippen molar-refractivity contribution in [1.82, 2.24) is 10.2 Å². The fraction of sp³-hybridized carbons (Fsp3) is 1.00. The van der Waals surface area contributed by atoms with Gasteiger partial charge in [0.1, 0.15) is 0 Å². The van der Waals surface area contributed by atoms with Crippen LogP contribution in [0, 0.1) is 17.8 Å². The van der Waals surface area contributed by atoms with Gasteiger partial charge in [-0.1, -0.05) is 48.0 Å². The first-order valence-electron chi connectivity index (χ1n) is 7.96. The van der Waals surface area contributed by atoms with E-state index < -0.39 is 0 Å². The minimum absolute atomic E-state index is 0.692. The number of hydrogen-bond donors (Lipinski definition) is 1. The second-order valence-corrected chi connectivity index (χ2v) is 6.64. The van der Waals surface area contributed by atoms with E-state index in [-0.39, 0.29) is 0 Å². The molecule has 0 radical (unpaired) electrons. The lowest BCUT2D eigenvalue weighted by Crippen LogP contribution is -2.59. The molecule has 0 amide bonds. The highest BCUT2D eigenvalue weighted by molar-refractivity contribution is 4.88. The molecule has 0 aromatic carbocycles. The Morgan fingerprint density at radius 1 is 1.17 bits per heavy atom. The molecule has 1 aliphatic rings. The lowest BCUT2D eigenvalue weighted by molar-refractivity contribution is 0.0841. The standard InChI is InChI=1S/C16H34N2/c1-7-13(5)16-11-18(10-14(6)12(3)4)15(8-2)9-17-16/h12-17H,7-11H2,1-6H3. The van der Waals surface area contributed by atoms with E-state index in [1.807, 2.05) is 0 Å². The van der Waals surface area contributed by atoms with Crippen molar-refractivity contribution in [3.8, 4) is 0 Å². The molecule has 0 aromatic rings. The molecule has 1 aliphatic heterocycles. The normalized spacial score (nSPS) is 29.5. The third-order valence-corrected chi connectivity index (χ3v) is 5.03. The summed E-state index contributed by atoms with van der Waals surface area (Å²) in [4.78, 5) is 2.75. The molecule has 1 rings (SSSR count). The van der Waals surface area contributed by atoms with Crippen molar-refractivity contribution in [1.29, 1.82) is 0 Å². The Morgan fingerprint density at radius 3 is 2.33 bits per heavy atom. The molecule has 1 heterocycles. The zero-order chi connectivity index (χ0) is 13.7. The highest BCUT2D eigenvalue weighted by atomic mass is 15.2. The fourth-order valence-corrected chi connectivity index (χ4v) is 2.76.